The van der Waals surface area contributed by atoms with E-state index < -0.39 is 0 Å². The lowest BCUT2D eigenvalue weighted by atomic mass is 9.86. The van der Waals surface area contributed by atoms with Gasteiger partial charge in [0.15, 0.2) is 0 Å². The molecule has 1 nitrogen and oxygen atoms in total. The highest BCUT2D eigenvalue weighted by Gasteiger charge is 2.25. The van der Waals surface area contributed by atoms with Crippen molar-refractivity contribution in [3.8, 4) is 11.5 Å². The maximum Gasteiger partial charge on any atom is 0.132 e. The summed E-state index contributed by atoms with van der Waals surface area (Å²) in [4.78, 5) is 0. The molecule has 1 unspecified atom stereocenters. The third-order valence-corrected chi connectivity index (χ3v) is 5.07. The molecule has 0 fully saturated rings. The number of hydrogen-bond donors (Lipinski definition) is 0. The zero-order valence-corrected chi connectivity index (χ0v) is 14.5. The molecule has 0 amide bonds. The average molecular weight is 404 g/mol. The van der Waals surface area contributed by atoms with Gasteiger partial charge in [0.25, 0.3) is 0 Å². The van der Waals surface area contributed by atoms with E-state index in [-0.39, 0.29) is 0 Å². The molecular formula is C18H12Br2O. The van der Waals surface area contributed by atoms with Crippen molar-refractivity contribution in [1.82, 2.24) is 0 Å². The van der Waals surface area contributed by atoms with Crippen molar-refractivity contribution in [2.75, 3.05) is 0 Å². The number of rotatable bonds is 0. The summed E-state index contributed by atoms with van der Waals surface area (Å²) in [5.74, 6) is 2.23. The summed E-state index contributed by atoms with van der Waals surface area (Å²) >= 11 is 7.05. The van der Waals surface area contributed by atoms with Crippen molar-refractivity contribution in [2.45, 2.75) is 12.8 Å². The Balaban J connectivity index is 1.99. The molecular weight excluding hydrogens is 392 g/mol. The third-order valence-electron chi connectivity index (χ3n) is 4.08. The second-order valence-corrected chi connectivity index (χ2v) is 7.18. The lowest BCUT2D eigenvalue weighted by molar-refractivity contribution is 0.451. The molecule has 0 bridgehead atoms. The predicted octanol–water partition coefficient (Wildman–Crippen LogP) is 6.62. The Kier molecular flexibility index (Phi) is 3.09. The molecule has 1 aliphatic heterocycles. The van der Waals surface area contributed by atoms with Crippen LogP contribution in [0.1, 0.15) is 24.0 Å². The summed E-state index contributed by atoms with van der Waals surface area (Å²) in [5, 5.41) is 2.50. The largest absolute Gasteiger partial charge is 0.457 e. The Morgan fingerprint density at radius 1 is 0.857 bits per heavy atom. The van der Waals surface area contributed by atoms with Crippen LogP contribution in [0.5, 0.6) is 11.5 Å². The molecule has 0 saturated heterocycles. The van der Waals surface area contributed by atoms with E-state index in [0.717, 1.165) is 20.4 Å². The smallest absolute Gasteiger partial charge is 0.132 e. The minimum absolute atomic E-state index is 0.321. The fourth-order valence-corrected chi connectivity index (χ4v) is 3.79. The van der Waals surface area contributed by atoms with Crippen LogP contribution in [0.3, 0.4) is 0 Å². The zero-order valence-electron chi connectivity index (χ0n) is 11.4. The van der Waals surface area contributed by atoms with E-state index in [1.54, 1.807) is 0 Å². The molecule has 1 aliphatic rings. The Labute approximate surface area is 140 Å². The molecule has 3 aromatic carbocycles. The van der Waals surface area contributed by atoms with E-state index in [2.05, 4.69) is 81.2 Å². The van der Waals surface area contributed by atoms with Crippen LogP contribution in [0, 0.1) is 0 Å². The van der Waals surface area contributed by atoms with Crippen LogP contribution in [-0.2, 0) is 0 Å². The van der Waals surface area contributed by atoms with Crippen molar-refractivity contribution in [3.63, 3.8) is 0 Å². The molecule has 1 atom stereocenters. The first-order chi connectivity index (χ1) is 10.1. The van der Waals surface area contributed by atoms with Gasteiger partial charge in [-0.1, -0.05) is 57.0 Å². The molecule has 3 heteroatoms. The molecule has 3 aromatic rings. The predicted molar refractivity (Wildman–Crippen MR) is 93.4 cm³/mol. The van der Waals surface area contributed by atoms with E-state index in [0.29, 0.717) is 5.92 Å². The van der Waals surface area contributed by atoms with E-state index in [1.165, 1.54) is 21.9 Å². The van der Waals surface area contributed by atoms with Gasteiger partial charge in [0.1, 0.15) is 11.5 Å². The second-order valence-electron chi connectivity index (χ2n) is 5.35. The highest BCUT2D eigenvalue weighted by atomic mass is 79.9. The zero-order chi connectivity index (χ0) is 14.6. The van der Waals surface area contributed by atoms with Gasteiger partial charge in [-0.2, -0.15) is 0 Å². The molecule has 21 heavy (non-hydrogen) atoms. The maximum absolute atomic E-state index is 6.13. The molecule has 0 radical (unpaired) electrons. The van der Waals surface area contributed by atoms with Gasteiger partial charge in [0.2, 0.25) is 0 Å². The van der Waals surface area contributed by atoms with Gasteiger partial charge in [-0.3, -0.25) is 0 Å². The number of fused-ring (bicyclic) bond motifs is 4. The summed E-state index contributed by atoms with van der Waals surface area (Å²) in [6, 6.07) is 16.9. The second kappa shape index (κ2) is 4.85. The first-order valence-electron chi connectivity index (χ1n) is 6.83. The summed E-state index contributed by atoms with van der Waals surface area (Å²) < 4.78 is 8.27. The number of hydrogen-bond acceptors (Lipinski definition) is 1. The summed E-state index contributed by atoms with van der Waals surface area (Å²) in [5.41, 5.74) is 2.51. The monoisotopic (exact) mass is 402 g/mol. The van der Waals surface area contributed by atoms with Crippen molar-refractivity contribution >= 4 is 42.6 Å². The SMILES string of the molecule is CC1c2ccc(Br)cc2Oc2ccc3cc(Br)ccc3c21. The molecule has 0 aliphatic carbocycles. The van der Waals surface area contributed by atoms with E-state index in [1.807, 2.05) is 6.07 Å². The highest BCUT2D eigenvalue weighted by molar-refractivity contribution is 9.10. The van der Waals surface area contributed by atoms with E-state index in [4.69, 9.17) is 4.74 Å². The molecule has 0 aromatic heterocycles. The van der Waals surface area contributed by atoms with Gasteiger partial charge in [0.05, 0.1) is 0 Å². The normalized spacial score (nSPS) is 16.2. The van der Waals surface area contributed by atoms with E-state index in [9.17, 15) is 0 Å². The van der Waals surface area contributed by atoms with Crippen molar-refractivity contribution in [1.29, 1.82) is 0 Å². The first kappa shape index (κ1) is 13.4. The summed E-state index contributed by atoms with van der Waals surface area (Å²) in [6.45, 7) is 2.25. The Morgan fingerprint density at radius 3 is 2.48 bits per heavy atom. The van der Waals surface area contributed by atoms with E-state index >= 15 is 0 Å². The minimum Gasteiger partial charge on any atom is -0.457 e. The Bertz CT molecular complexity index is 870. The van der Waals surface area contributed by atoms with Gasteiger partial charge in [-0.25, -0.2) is 0 Å². The van der Waals surface area contributed by atoms with Crippen LogP contribution in [0.25, 0.3) is 10.8 Å². The number of benzene rings is 3. The molecule has 0 spiro atoms. The fraction of sp³-hybridized carbons (Fsp3) is 0.111. The lowest BCUT2D eigenvalue weighted by Gasteiger charge is -2.27. The van der Waals surface area contributed by atoms with Crippen molar-refractivity contribution in [2.24, 2.45) is 0 Å². The van der Waals surface area contributed by atoms with Crippen LogP contribution >= 0.6 is 31.9 Å². The fourth-order valence-electron chi connectivity index (χ4n) is 3.07. The minimum atomic E-state index is 0.321. The molecule has 104 valence electrons. The Hall–Kier alpha value is -1.32. The van der Waals surface area contributed by atoms with Gasteiger partial charge >= 0.3 is 0 Å². The topological polar surface area (TPSA) is 9.23 Å². The van der Waals surface area contributed by atoms with Gasteiger partial charge in [0, 0.05) is 26.0 Å². The molecule has 0 saturated carbocycles. The quantitative estimate of drug-likeness (QED) is 0.409. The molecule has 4 rings (SSSR count). The highest BCUT2D eigenvalue weighted by Crippen LogP contribution is 2.47. The molecule has 1 heterocycles. The van der Waals surface area contributed by atoms with Crippen LogP contribution < -0.4 is 4.74 Å². The summed E-state index contributed by atoms with van der Waals surface area (Å²) in [6.07, 6.45) is 0. The van der Waals surface area contributed by atoms with Crippen LogP contribution in [0.4, 0.5) is 0 Å². The van der Waals surface area contributed by atoms with Crippen molar-refractivity contribution in [3.05, 3.63) is 68.6 Å². The first-order valence-corrected chi connectivity index (χ1v) is 8.41. The van der Waals surface area contributed by atoms with Crippen LogP contribution in [0.15, 0.2) is 57.5 Å². The maximum atomic E-state index is 6.13. The van der Waals surface area contributed by atoms with Crippen LogP contribution in [-0.4, -0.2) is 0 Å². The third kappa shape index (κ3) is 2.11. The van der Waals surface area contributed by atoms with Gasteiger partial charge in [-0.05, 0) is 41.1 Å². The summed E-state index contributed by atoms with van der Waals surface area (Å²) in [7, 11) is 0. The van der Waals surface area contributed by atoms with Gasteiger partial charge < -0.3 is 4.74 Å². The average Bonchev–Trinajstić information content (AvgIpc) is 2.46. The van der Waals surface area contributed by atoms with Crippen LogP contribution in [0.2, 0.25) is 0 Å². The van der Waals surface area contributed by atoms with Crippen molar-refractivity contribution < 1.29 is 4.74 Å². The molecule has 0 N–H and O–H groups in total. The number of ether oxygens (including phenoxy) is 1. The van der Waals surface area contributed by atoms with Gasteiger partial charge in [-0.15, -0.1) is 0 Å². The standard InChI is InChI=1S/C18H12Br2O/c1-10-14-5-3-13(20)9-17(14)21-16-7-2-11-8-12(19)4-6-15(11)18(10)16/h2-10H,1H3. The lowest BCUT2D eigenvalue weighted by Crippen LogP contribution is -2.08. The number of halogens is 2. The Morgan fingerprint density at radius 2 is 1.62 bits per heavy atom.